The van der Waals surface area contributed by atoms with Crippen LogP contribution in [-0.2, 0) is 14.8 Å². The maximum atomic E-state index is 13.1. The number of nitrogens with zero attached hydrogens (tertiary/aromatic N) is 2. The van der Waals surface area contributed by atoms with Gasteiger partial charge in [0.15, 0.2) is 0 Å². The summed E-state index contributed by atoms with van der Waals surface area (Å²) in [6.45, 7) is 4.54. The van der Waals surface area contributed by atoms with E-state index in [-0.39, 0.29) is 15.8 Å². The molecule has 0 aliphatic carbocycles. The number of thiophene rings is 1. The Labute approximate surface area is 208 Å². The largest absolute Gasteiger partial charge is 0.495 e. The van der Waals surface area contributed by atoms with E-state index in [1.54, 1.807) is 18.2 Å². The molecule has 4 rings (SSSR count). The molecular formula is C23H26ClN3O5S2. The van der Waals surface area contributed by atoms with Crippen molar-refractivity contribution >= 4 is 54.6 Å². The van der Waals surface area contributed by atoms with Gasteiger partial charge in [-0.1, -0.05) is 11.6 Å². The molecule has 1 fully saturated rings. The minimum absolute atomic E-state index is 0.0616. The molecule has 1 aliphatic heterocycles. The highest BCUT2D eigenvalue weighted by atomic mass is 35.5. The average molecular weight is 524 g/mol. The molecule has 8 nitrogen and oxygen atoms in total. The lowest BCUT2D eigenvalue weighted by atomic mass is 10.2. The highest BCUT2D eigenvalue weighted by molar-refractivity contribution is 7.92. The summed E-state index contributed by atoms with van der Waals surface area (Å²) in [4.78, 5) is 15.5. The first-order chi connectivity index (χ1) is 16.3. The summed E-state index contributed by atoms with van der Waals surface area (Å²) in [7, 11) is -0.882. The van der Waals surface area contributed by atoms with E-state index >= 15 is 0 Å². The minimum atomic E-state index is -3.84. The minimum Gasteiger partial charge on any atom is -0.495 e. The Morgan fingerprint density at radius 1 is 1.21 bits per heavy atom. The molecule has 182 valence electrons. The van der Waals surface area contributed by atoms with Gasteiger partial charge in [-0.3, -0.25) is 14.0 Å². The topological polar surface area (TPSA) is 88.2 Å². The molecule has 1 N–H and O–H groups in total. The highest BCUT2D eigenvalue weighted by Gasteiger charge is 2.23. The van der Waals surface area contributed by atoms with Crippen molar-refractivity contribution in [1.29, 1.82) is 0 Å². The molecule has 0 atom stereocenters. The molecule has 34 heavy (non-hydrogen) atoms. The van der Waals surface area contributed by atoms with Crippen molar-refractivity contribution in [2.75, 3.05) is 57.9 Å². The van der Waals surface area contributed by atoms with Gasteiger partial charge in [0.05, 0.1) is 40.8 Å². The van der Waals surface area contributed by atoms with Gasteiger partial charge in [0, 0.05) is 37.9 Å². The molecule has 3 aromatic rings. The molecular weight excluding hydrogens is 498 g/mol. The van der Waals surface area contributed by atoms with Gasteiger partial charge < -0.3 is 14.8 Å². The first kappa shape index (κ1) is 24.7. The number of benzene rings is 2. The maximum absolute atomic E-state index is 13.1. The van der Waals surface area contributed by atoms with Gasteiger partial charge in [-0.15, -0.1) is 11.3 Å². The third-order valence-corrected chi connectivity index (χ3v) is 8.88. The van der Waals surface area contributed by atoms with E-state index in [9.17, 15) is 13.2 Å². The van der Waals surface area contributed by atoms with Crippen LogP contribution < -0.4 is 14.4 Å². The van der Waals surface area contributed by atoms with Crippen molar-refractivity contribution in [1.82, 2.24) is 10.2 Å². The van der Waals surface area contributed by atoms with Crippen LogP contribution in [0.3, 0.4) is 0 Å². The van der Waals surface area contributed by atoms with E-state index in [2.05, 4.69) is 10.2 Å². The number of nitrogens with one attached hydrogen (secondary N) is 1. The number of amides is 1. The van der Waals surface area contributed by atoms with E-state index in [0.717, 1.165) is 42.9 Å². The molecule has 0 unspecified atom stereocenters. The van der Waals surface area contributed by atoms with Gasteiger partial charge in [-0.25, -0.2) is 8.42 Å². The summed E-state index contributed by atoms with van der Waals surface area (Å²) in [5.41, 5.74) is 0.483. The number of hydrogen-bond acceptors (Lipinski definition) is 7. The van der Waals surface area contributed by atoms with Gasteiger partial charge in [0.2, 0.25) is 0 Å². The zero-order valence-electron chi connectivity index (χ0n) is 18.9. The molecule has 1 aliphatic rings. The smallest absolute Gasteiger partial charge is 0.264 e. The SMILES string of the molecule is COc1ccc(S(=O)(=O)N(C)c2ccc3sc(C(=O)NCCN4CCOCC4)cc3c2)cc1Cl. The van der Waals surface area contributed by atoms with E-state index in [4.69, 9.17) is 21.1 Å². The lowest BCUT2D eigenvalue weighted by Crippen LogP contribution is -2.41. The number of sulfonamides is 1. The summed E-state index contributed by atoms with van der Waals surface area (Å²) in [6, 6.07) is 11.5. The predicted molar refractivity (Wildman–Crippen MR) is 135 cm³/mol. The molecule has 2 heterocycles. The second-order valence-corrected chi connectivity index (χ2v) is 11.3. The molecule has 1 aromatic heterocycles. The van der Waals surface area contributed by atoms with Crippen LogP contribution in [0.5, 0.6) is 5.75 Å². The molecule has 0 spiro atoms. The number of anilines is 1. The maximum Gasteiger partial charge on any atom is 0.264 e. The molecule has 0 radical (unpaired) electrons. The van der Waals surface area contributed by atoms with E-state index < -0.39 is 10.0 Å². The Morgan fingerprint density at radius 3 is 2.68 bits per heavy atom. The summed E-state index contributed by atoms with van der Waals surface area (Å²) in [5, 5.41) is 3.98. The normalized spacial score (nSPS) is 14.8. The average Bonchev–Trinajstić information content (AvgIpc) is 3.27. The van der Waals surface area contributed by atoms with Gasteiger partial charge in [-0.05, 0) is 47.9 Å². The van der Waals surface area contributed by atoms with E-state index in [1.807, 2.05) is 6.07 Å². The van der Waals surface area contributed by atoms with Crippen molar-refractivity contribution < 1.29 is 22.7 Å². The van der Waals surface area contributed by atoms with Crippen LogP contribution >= 0.6 is 22.9 Å². The Morgan fingerprint density at radius 2 is 1.97 bits per heavy atom. The van der Waals surface area contributed by atoms with Crippen LogP contribution in [0.15, 0.2) is 47.4 Å². The van der Waals surface area contributed by atoms with E-state index in [1.165, 1.54) is 48.0 Å². The Kier molecular flexibility index (Phi) is 7.63. The molecule has 0 bridgehead atoms. The van der Waals surface area contributed by atoms with Crippen LogP contribution in [0, 0.1) is 0 Å². The van der Waals surface area contributed by atoms with Crippen molar-refractivity contribution in [2.45, 2.75) is 4.90 Å². The number of morpholine rings is 1. The van der Waals surface area contributed by atoms with Crippen molar-refractivity contribution in [3.05, 3.63) is 52.4 Å². The number of methoxy groups -OCH3 is 1. The molecule has 1 saturated heterocycles. The van der Waals surface area contributed by atoms with Crippen LogP contribution in [-0.4, -0.2) is 72.8 Å². The Hall–Kier alpha value is -2.37. The van der Waals surface area contributed by atoms with Crippen molar-refractivity contribution in [2.24, 2.45) is 0 Å². The van der Waals surface area contributed by atoms with Gasteiger partial charge in [-0.2, -0.15) is 0 Å². The van der Waals surface area contributed by atoms with Crippen LogP contribution in [0.1, 0.15) is 9.67 Å². The second kappa shape index (κ2) is 10.5. The molecule has 0 saturated carbocycles. The number of ether oxygens (including phenoxy) is 2. The third kappa shape index (κ3) is 5.31. The van der Waals surface area contributed by atoms with Gasteiger partial charge in [0.1, 0.15) is 5.75 Å². The summed E-state index contributed by atoms with van der Waals surface area (Å²) in [6.07, 6.45) is 0. The number of halogens is 1. The second-order valence-electron chi connectivity index (χ2n) is 7.81. The number of hydrogen-bond donors (Lipinski definition) is 1. The number of carbonyl (C=O) groups excluding carboxylic acids is 1. The number of rotatable bonds is 8. The van der Waals surface area contributed by atoms with Crippen molar-refractivity contribution in [3.8, 4) is 5.75 Å². The fraction of sp³-hybridized carbons (Fsp3) is 0.348. The lowest BCUT2D eigenvalue weighted by molar-refractivity contribution is 0.0383. The summed E-state index contributed by atoms with van der Waals surface area (Å²) in [5.74, 6) is 0.267. The standard InChI is InChI=1S/C23H26ClN3O5S2/c1-26(34(29,30)18-4-5-20(31-2)19(24)15-18)17-3-6-21-16(13-17)14-22(33-21)23(28)25-7-8-27-9-11-32-12-10-27/h3-6,13-15H,7-12H2,1-2H3,(H,25,28). The van der Waals surface area contributed by atoms with Gasteiger partial charge >= 0.3 is 0 Å². The third-order valence-electron chi connectivity index (χ3n) is 5.69. The number of carbonyl (C=O) groups is 1. The van der Waals surface area contributed by atoms with Crippen molar-refractivity contribution in [3.63, 3.8) is 0 Å². The quantitative estimate of drug-likeness (QED) is 0.486. The lowest BCUT2D eigenvalue weighted by Gasteiger charge is -2.26. The first-order valence-corrected chi connectivity index (χ1v) is 13.4. The monoisotopic (exact) mass is 523 g/mol. The first-order valence-electron chi connectivity index (χ1n) is 10.7. The fourth-order valence-electron chi connectivity index (χ4n) is 3.68. The zero-order valence-corrected chi connectivity index (χ0v) is 21.3. The highest BCUT2D eigenvalue weighted by Crippen LogP contribution is 2.33. The summed E-state index contributed by atoms with van der Waals surface area (Å²) < 4.78 is 38.8. The zero-order chi connectivity index (χ0) is 24.3. The van der Waals surface area contributed by atoms with E-state index in [0.29, 0.717) is 22.9 Å². The predicted octanol–water partition coefficient (Wildman–Crippen LogP) is 3.45. The van der Waals surface area contributed by atoms with Crippen LogP contribution in [0.25, 0.3) is 10.1 Å². The molecule has 11 heteroatoms. The molecule has 1 amide bonds. The van der Waals surface area contributed by atoms with Crippen LogP contribution in [0.2, 0.25) is 5.02 Å². The van der Waals surface area contributed by atoms with Gasteiger partial charge in [0.25, 0.3) is 15.9 Å². The van der Waals surface area contributed by atoms with Crippen LogP contribution in [0.4, 0.5) is 5.69 Å². The fourth-order valence-corrected chi connectivity index (χ4v) is 6.18. The number of fused-ring (bicyclic) bond motifs is 1. The molecule has 2 aromatic carbocycles. The Bertz CT molecular complexity index is 1290. The Balaban J connectivity index is 1.47. The summed E-state index contributed by atoms with van der Waals surface area (Å²) >= 11 is 7.50.